The van der Waals surface area contributed by atoms with Gasteiger partial charge in [0.15, 0.2) is 0 Å². The minimum atomic E-state index is -0.0486. The average molecular weight is 184 g/mol. The molecule has 0 aliphatic heterocycles. The van der Waals surface area contributed by atoms with Crippen molar-refractivity contribution in [1.82, 2.24) is 4.90 Å². The lowest BCUT2D eigenvalue weighted by Crippen LogP contribution is -2.45. The second kappa shape index (κ2) is 5.25. The first-order chi connectivity index (χ1) is 5.93. The Balaban J connectivity index is 4.16. The van der Waals surface area contributed by atoms with E-state index in [4.69, 9.17) is 0 Å². The molecular formula is C11H22NO. The molecule has 0 aliphatic carbocycles. The molecule has 2 heteroatoms. The van der Waals surface area contributed by atoms with Gasteiger partial charge in [-0.1, -0.05) is 13.3 Å². The highest BCUT2D eigenvalue weighted by molar-refractivity contribution is 5.76. The fraction of sp³-hybridized carbons (Fsp3) is 0.818. The maximum absolute atomic E-state index is 11.7. The summed E-state index contributed by atoms with van der Waals surface area (Å²) in [6.07, 6.45) is 2.37. The van der Waals surface area contributed by atoms with Gasteiger partial charge in [-0.3, -0.25) is 4.79 Å². The van der Waals surface area contributed by atoms with Crippen LogP contribution in [0.5, 0.6) is 0 Å². The van der Waals surface area contributed by atoms with Gasteiger partial charge in [-0.15, -0.1) is 0 Å². The first kappa shape index (κ1) is 12.5. The minimum absolute atomic E-state index is 0.0486. The second-order valence-electron chi connectivity index (χ2n) is 4.27. The summed E-state index contributed by atoms with van der Waals surface area (Å²) < 4.78 is 0. The summed E-state index contributed by atoms with van der Waals surface area (Å²) in [5.74, 6) is 0.249. The molecule has 0 aromatic rings. The first-order valence-electron chi connectivity index (χ1n) is 5.03. The molecule has 0 spiro atoms. The summed E-state index contributed by atoms with van der Waals surface area (Å²) in [5.41, 5.74) is -0.0486. The van der Waals surface area contributed by atoms with Crippen molar-refractivity contribution in [3.05, 3.63) is 6.92 Å². The molecule has 0 fully saturated rings. The van der Waals surface area contributed by atoms with Gasteiger partial charge in [-0.25, -0.2) is 0 Å². The molecule has 0 aromatic heterocycles. The third-order valence-electron chi connectivity index (χ3n) is 2.07. The Labute approximate surface area is 82.3 Å². The number of nitrogens with zero attached hydrogens (tertiary/aromatic N) is 1. The Morgan fingerprint density at radius 3 is 2.23 bits per heavy atom. The van der Waals surface area contributed by atoms with Crippen LogP contribution in [-0.4, -0.2) is 22.9 Å². The van der Waals surface area contributed by atoms with Gasteiger partial charge in [-0.05, 0) is 34.1 Å². The maximum Gasteiger partial charge on any atom is 0.222 e. The lowest BCUT2D eigenvalue weighted by atomic mass is 10.0. The zero-order valence-corrected chi connectivity index (χ0v) is 9.39. The SMILES string of the molecule is [CH2]CCCC(=O)N(CC)C(C)(C)C. The van der Waals surface area contributed by atoms with Crippen LogP contribution in [0, 0.1) is 6.92 Å². The predicted octanol–water partition coefficient (Wildman–Crippen LogP) is 2.64. The van der Waals surface area contributed by atoms with Crippen molar-refractivity contribution in [2.75, 3.05) is 6.54 Å². The Morgan fingerprint density at radius 2 is 1.92 bits per heavy atom. The van der Waals surface area contributed by atoms with Crippen molar-refractivity contribution in [3.8, 4) is 0 Å². The fourth-order valence-corrected chi connectivity index (χ4v) is 1.44. The third kappa shape index (κ3) is 4.30. The van der Waals surface area contributed by atoms with Crippen molar-refractivity contribution in [2.45, 2.75) is 52.5 Å². The van der Waals surface area contributed by atoms with Crippen LogP contribution >= 0.6 is 0 Å². The van der Waals surface area contributed by atoms with Crippen LogP contribution in [0.4, 0.5) is 0 Å². The normalized spacial score (nSPS) is 11.5. The molecule has 0 bridgehead atoms. The predicted molar refractivity (Wildman–Crippen MR) is 56.3 cm³/mol. The number of rotatable bonds is 4. The monoisotopic (exact) mass is 184 g/mol. The van der Waals surface area contributed by atoms with E-state index in [9.17, 15) is 4.79 Å². The lowest BCUT2D eigenvalue weighted by Gasteiger charge is -2.35. The third-order valence-corrected chi connectivity index (χ3v) is 2.07. The van der Waals surface area contributed by atoms with Crippen LogP contribution in [-0.2, 0) is 4.79 Å². The highest BCUT2D eigenvalue weighted by Crippen LogP contribution is 2.14. The van der Waals surface area contributed by atoms with Gasteiger partial charge in [-0.2, -0.15) is 0 Å². The van der Waals surface area contributed by atoms with Crippen LogP contribution in [0.2, 0.25) is 0 Å². The van der Waals surface area contributed by atoms with Gasteiger partial charge in [0, 0.05) is 18.5 Å². The van der Waals surface area contributed by atoms with Crippen LogP contribution in [0.25, 0.3) is 0 Å². The Morgan fingerprint density at radius 1 is 1.38 bits per heavy atom. The molecular weight excluding hydrogens is 162 g/mol. The Hall–Kier alpha value is -0.530. The summed E-state index contributed by atoms with van der Waals surface area (Å²) >= 11 is 0. The summed E-state index contributed by atoms with van der Waals surface area (Å²) in [6.45, 7) is 12.8. The smallest absolute Gasteiger partial charge is 0.222 e. The molecule has 0 atom stereocenters. The van der Waals surface area contributed by atoms with E-state index < -0.39 is 0 Å². The van der Waals surface area contributed by atoms with Crippen molar-refractivity contribution in [1.29, 1.82) is 0 Å². The summed E-state index contributed by atoms with van der Waals surface area (Å²) in [4.78, 5) is 13.6. The van der Waals surface area contributed by atoms with Crippen LogP contribution in [0.15, 0.2) is 0 Å². The lowest BCUT2D eigenvalue weighted by molar-refractivity contribution is -0.135. The molecule has 0 aromatic carbocycles. The van der Waals surface area contributed by atoms with Crippen LogP contribution in [0.3, 0.4) is 0 Å². The fourth-order valence-electron chi connectivity index (χ4n) is 1.44. The molecule has 0 unspecified atom stereocenters. The number of unbranched alkanes of at least 4 members (excludes halogenated alkanes) is 1. The highest BCUT2D eigenvalue weighted by Gasteiger charge is 2.23. The minimum Gasteiger partial charge on any atom is -0.338 e. The largest absolute Gasteiger partial charge is 0.338 e. The zero-order chi connectivity index (χ0) is 10.5. The number of hydrogen-bond donors (Lipinski definition) is 0. The van der Waals surface area contributed by atoms with Gasteiger partial charge in [0.2, 0.25) is 5.91 Å². The van der Waals surface area contributed by atoms with E-state index in [1.54, 1.807) is 0 Å². The van der Waals surface area contributed by atoms with Gasteiger partial charge in [0.05, 0.1) is 0 Å². The topological polar surface area (TPSA) is 20.3 Å². The molecule has 0 aliphatic rings. The van der Waals surface area contributed by atoms with E-state index in [1.807, 2.05) is 11.8 Å². The second-order valence-corrected chi connectivity index (χ2v) is 4.27. The van der Waals surface area contributed by atoms with Crippen molar-refractivity contribution in [3.63, 3.8) is 0 Å². The summed E-state index contributed by atoms with van der Waals surface area (Å²) in [5, 5.41) is 0. The zero-order valence-electron chi connectivity index (χ0n) is 9.39. The summed E-state index contributed by atoms with van der Waals surface area (Å²) in [6, 6.07) is 0. The molecule has 0 N–H and O–H groups in total. The average Bonchev–Trinajstić information content (AvgIpc) is 1.99. The van der Waals surface area contributed by atoms with E-state index in [0.29, 0.717) is 6.42 Å². The number of carbonyl (C=O) groups is 1. The molecule has 2 nitrogen and oxygen atoms in total. The molecule has 77 valence electrons. The molecule has 0 saturated carbocycles. The maximum atomic E-state index is 11.7. The number of carbonyl (C=O) groups excluding carboxylic acids is 1. The first-order valence-corrected chi connectivity index (χ1v) is 5.03. The van der Waals surface area contributed by atoms with Crippen molar-refractivity contribution < 1.29 is 4.79 Å². The number of amides is 1. The van der Waals surface area contributed by atoms with Crippen molar-refractivity contribution in [2.24, 2.45) is 0 Å². The highest BCUT2D eigenvalue weighted by atomic mass is 16.2. The van der Waals surface area contributed by atoms with E-state index in [2.05, 4.69) is 27.7 Å². The number of hydrogen-bond acceptors (Lipinski definition) is 1. The molecule has 0 saturated heterocycles. The standard InChI is InChI=1S/C11H22NO/c1-6-8-9-10(13)12(7-2)11(3,4)5/h1,6-9H2,2-5H3. The van der Waals surface area contributed by atoms with Gasteiger partial charge in [0.1, 0.15) is 0 Å². The molecule has 0 heterocycles. The van der Waals surface area contributed by atoms with Crippen molar-refractivity contribution >= 4 is 5.91 Å². The Bertz CT molecular complexity index is 158. The van der Waals surface area contributed by atoms with Crippen LogP contribution in [0.1, 0.15) is 47.0 Å². The quantitative estimate of drug-likeness (QED) is 0.657. The van der Waals surface area contributed by atoms with Crippen LogP contribution < -0.4 is 0 Å². The molecule has 13 heavy (non-hydrogen) atoms. The van der Waals surface area contributed by atoms with Gasteiger partial charge >= 0.3 is 0 Å². The van der Waals surface area contributed by atoms with Gasteiger partial charge < -0.3 is 4.90 Å². The molecule has 1 radical (unpaired) electrons. The van der Waals surface area contributed by atoms with E-state index >= 15 is 0 Å². The van der Waals surface area contributed by atoms with E-state index in [-0.39, 0.29) is 11.4 Å². The molecule has 0 rings (SSSR count). The summed E-state index contributed by atoms with van der Waals surface area (Å²) in [7, 11) is 0. The van der Waals surface area contributed by atoms with E-state index in [0.717, 1.165) is 19.4 Å². The Kier molecular flexibility index (Phi) is 5.04. The molecule has 1 amide bonds. The van der Waals surface area contributed by atoms with E-state index in [1.165, 1.54) is 0 Å². The van der Waals surface area contributed by atoms with Gasteiger partial charge in [0.25, 0.3) is 0 Å².